The third-order valence-corrected chi connectivity index (χ3v) is 3.08. The Labute approximate surface area is 126 Å². The second kappa shape index (κ2) is 5.81. The van der Waals surface area contributed by atoms with Crippen molar-refractivity contribution in [1.29, 1.82) is 0 Å². The summed E-state index contributed by atoms with van der Waals surface area (Å²) in [6.45, 7) is 0. The molecule has 0 spiro atoms. The van der Waals surface area contributed by atoms with Crippen LogP contribution in [0.2, 0.25) is 5.02 Å². The maximum Gasteiger partial charge on any atom is 0.292 e. The first-order chi connectivity index (χ1) is 10.2. The van der Waals surface area contributed by atoms with E-state index in [1.54, 1.807) is 48.7 Å². The van der Waals surface area contributed by atoms with E-state index >= 15 is 0 Å². The van der Waals surface area contributed by atoms with Crippen LogP contribution in [0.1, 0.15) is 10.6 Å². The van der Waals surface area contributed by atoms with E-state index < -0.39 is 0 Å². The normalized spacial score (nSPS) is 10.3. The van der Waals surface area contributed by atoms with Crippen LogP contribution in [0.3, 0.4) is 0 Å². The summed E-state index contributed by atoms with van der Waals surface area (Å²) >= 11 is 5.94. The molecule has 3 aromatic rings. The van der Waals surface area contributed by atoms with Gasteiger partial charge in [-0.25, -0.2) is 4.98 Å². The smallest absolute Gasteiger partial charge is 0.292 e. The van der Waals surface area contributed by atoms with Crippen molar-refractivity contribution in [3.05, 3.63) is 71.6 Å². The van der Waals surface area contributed by atoms with Gasteiger partial charge in [0.1, 0.15) is 11.6 Å². The number of rotatable bonds is 3. The van der Waals surface area contributed by atoms with E-state index in [0.29, 0.717) is 16.6 Å². The standard InChI is InChI=1S/C16H11ClN2O2/c17-12-5-3-4-11(10-12)13-7-8-14(21-13)16(20)19-15-6-1-2-9-18-15/h1-10H,(H,18,19,20). The van der Waals surface area contributed by atoms with Gasteiger partial charge in [-0.2, -0.15) is 0 Å². The van der Waals surface area contributed by atoms with Crippen LogP contribution in [0, 0.1) is 0 Å². The molecule has 0 fully saturated rings. The van der Waals surface area contributed by atoms with Crippen LogP contribution < -0.4 is 5.32 Å². The molecule has 5 heteroatoms. The molecule has 0 saturated carbocycles. The van der Waals surface area contributed by atoms with E-state index in [9.17, 15) is 4.79 Å². The number of benzene rings is 1. The molecule has 2 aromatic heterocycles. The Morgan fingerprint density at radius 1 is 1.10 bits per heavy atom. The predicted octanol–water partition coefficient (Wildman–Crippen LogP) is 4.25. The second-order valence-corrected chi connectivity index (χ2v) is 4.78. The van der Waals surface area contributed by atoms with E-state index in [0.717, 1.165) is 5.56 Å². The molecule has 0 saturated heterocycles. The van der Waals surface area contributed by atoms with E-state index in [4.69, 9.17) is 16.0 Å². The minimum atomic E-state index is -0.345. The third-order valence-electron chi connectivity index (χ3n) is 2.85. The molecule has 1 amide bonds. The Morgan fingerprint density at radius 3 is 2.76 bits per heavy atom. The maximum absolute atomic E-state index is 12.1. The number of halogens is 1. The van der Waals surface area contributed by atoms with Gasteiger partial charge < -0.3 is 9.73 Å². The topological polar surface area (TPSA) is 55.1 Å². The number of carbonyl (C=O) groups excluding carboxylic acids is 1. The number of nitrogens with zero attached hydrogens (tertiary/aromatic N) is 1. The van der Waals surface area contributed by atoms with Crippen LogP contribution in [0.15, 0.2) is 65.2 Å². The molecule has 104 valence electrons. The molecule has 1 N–H and O–H groups in total. The highest BCUT2D eigenvalue weighted by Gasteiger charge is 2.13. The molecule has 0 atom stereocenters. The van der Waals surface area contributed by atoms with E-state index in [-0.39, 0.29) is 11.7 Å². The number of nitrogens with one attached hydrogen (secondary N) is 1. The molecule has 0 aliphatic heterocycles. The Balaban J connectivity index is 1.80. The highest BCUT2D eigenvalue weighted by atomic mass is 35.5. The second-order valence-electron chi connectivity index (χ2n) is 4.34. The highest BCUT2D eigenvalue weighted by Crippen LogP contribution is 2.25. The molecular weight excluding hydrogens is 288 g/mol. The molecule has 0 bridgehead atoms. The fourth-order valence-electron chi connectivity index (χ4n) is 1.87. The zero-order valence-electron chi connectivity index (χ0n) is 10.9. The van der Waals surface area contributed by atoms with E-state index in [2.05, 4.69) is 10.3 Å². The summed E-state index contributed by atoms with van der Waals surface area (Å²) in [5.74, 6) is 0.935. The van der Waals surface area contributed by atoms with Gasteiger partial charge in [-0.05, 0) is 36.4 Å². The maximum atomic E-state index is 12.1. The SMILES string of the molecule is O=C(Nc1ccccn1)c1ccc(-c2cccc(Cl)c2)o1. The summed E-state index contributed by atoms with van der Waals surface area (Å²) in [4.78, 5) is 16.1. The lowest BCUT2D eigenvalue weighted by molar-refractivity contribution is 0.0997. The summed E-state index contributed by atoms with van der Waals surface area (Å²) in [6, 6.07) is 15.9. The highest BCUT2D eigenvalue weighted by molar-refractivity contribution is 6.30. The number of hydrogen-bond donors (Lipinski definition) is 1. The predicted molar refractivity (Wildman–Crippen MR) is 81.3 cm³/mol. The zero-order valence-corrected chi connectivity index (χ0v) is 11.7. The molecule has 1 aromatic carbocycles. The van der Waals surface area contributed by atoms with Crippen LogP contribution in [0.25, 0.3) is 11.3 Å². The van der Waals surface area contributed by atoms with E-state index in [1.165, 1.54) is 0 Å². The van der Waals surface area contributed by atoms with Gasteiger partial charge in [0.15, 0.2) is 5.76 Å². The van der Waals surface area contributed by atoms with Gasteiger partial charge in [0.2, 0.25) is 0 Å². The van der Waals surface area contributed by atoms with Crippen LogP contribution in [0.4, 0.5) is 5.82 Å². The Hall–Kier alpha value is -2.59. The van der Waals surface area contributed by atoms with Crippen molar-refractivity contribution in [2.24, 2.45) is 0 Å². The molecule has 4 nitrogen and oxygen atoms in total. The molecule has 0 aliphatic rings. The third kappa shape index (κ3) is 3.12. The van der Waals surface area contributed by atoms with Crippen LogP contribution in [-0.2, 0) is 0 Å². The Morgan fingerprint density at radius 2 is 2.00 bits per heavy atom. The lowest BCUT2D eigenvalue weighted by Gasteiger charge is -2.01. The van der Waals surface area contributed by atoms with Crippen molar-refractivity contribution in [1.82, 2.24) is 4.98 Å². The van der Waals surface area contributed by atoms with Crippen molar-refractivity contribution in [3.8, 4) is 11.3 Å². The van der Waals surface area contributed by atoms with Gasteiger partial charge in [-0.15, -0.1) is 0 Å². The lowest BCUT2D eigenvalue weighted by Crippen LogP contribution is -2.11. The van der Waals surface area contributed by atoms with Crippen LogP contribution in [0.5, 0.6) is 0 Å². The van der Waals surface area contributed by atoms with Crippen molar-refractivity contribution >= 4 is 23.3 Å². The molecule has 2 heterocycles. The van der Waals surface area contributed by atoms with Gasteiger partial charge in [0.25, 0.3) is 5.91 Å². The number of carbonyl (C=O) groups is 1. The average molecular weight is 299 g/mol. The average Bonchev–Trinajstić information content (AvgIpc) is 2.98. The minimum Gasteiger partial charge on any atom is -0.451 e. The van der Waals surface area contributed by atoms with E-state index in [1.807, 2.05) is 12.1 Å². The molecular formula is C16H11ClN2O2. The summed E-state index contributed by atoms with van der Waals surface area (Å²) in [7, 11) is 0. The molecule has 0 unspecified atom stereocenters. The van der Waals surface area contributed by atoms with Crippen LogP contribution in [-0.4, -0.2) is 10.9 Å². The van der Waals surface area contributed by atoms with Gasteiger partial charge in [-0.3, -0.25) is 4.79 Å². The molecule has 0 aliphatic carbocycles. The Kier molecular flexibility index (Phi) is 3.71. The minimum absolute atomic E-state index is 0.218. The molecule has 3 rings (SSSR count). The number of pyridine rings is 1. The summed E-state index contributed by atoms with van der Waals surface area (Å²) in [5, 5.41) is 3.28. The van der Waals surface area contributed by atoms with Crippen molar-refractivity contribution in [3.63, 3.8) is 0 Å². The van der Waals surface area contributed by atoms with Crippen molar-refractivity contribution in [2.75, 3.05) is 5.32 Å². The quantitative estimate of drug-likeness (QED) is 0.786. The Bertz CT molecular complexity index is 769. The fraction of sp³-hybridized carbons (Fsp3) is 0. The summed E-state index contributed by atoms with van der Waals surface area (Å²) < 4.78 is 5.56. The molecule has 0 radical (unpaired) electrons. The van der Waals surface area contributed by atoms with Crippen molar-refractivity contribution < 1.29 is 9.21 Å². The summed E-state index contributed by atoms with van der Waals surface area (Å²) in [6.07, 6.45) is 1.61. The number of hydrogen-bond acceptors (Lipinski definition) is 3. The first kappa shape index (κ1) is 13.4. The number of aromatic nitrogens is 1. The number of anilines is 1. The first-order valence-electron chi connectivity index (χ1n) is 6.30. The van der Waals surface area contributed by atoms with Crippen molar-refractivity contribution in [2.45, 2.75) is 0 Å². The largest absolute Gasteiger partial charge is 0.451 e. The zero-order chi connectivity index (χ0) is 14.7. The molecule has 21 heavy (non-hydrogen) atoms. The lowest BCUT2D eigenvalue weighted by atomic mass is 10.2. The fourth-order valence-corrected chi connectivity index (χ4v) is 2.06. The van der Waals surface area contributed by atoms with Gasteiger partial charge >= 0.3 is 0 Å². The van der Waals surface area contributed by atoms with Gasteiger partial charge in [0.05, 0.1) is 0 Å². The van der Waals surface area contributed by atoms with Gasteiger partial charge in [-0.1, -0.05) is 29.8 Å². The van der Waals surface area contributed by atoms with Crippen LogP contribution >= 0.6 is 11.6 Å². The monoisotopic (exact) mass is 298 g/mol. The number of furan rings is 1. The number of amides is 1. The summed E-state index contributed by atoms with van der Waals surface area (Å²) in [5.41, 5.74) is 0.819. The first-order valence-corrected chi connectivity index (χ1v) is 6.68. The van der Waals surface area contributed by atoms with Gasteiger partial charge in [0, 0.05) is 16.8 Å².